The standard InChI is InChI=1S/C62H115NO13/c1-3-5-7-9-11-13-15-17-19-21-23-24-25-26-28-30-32-34-36-38-40-42-44-46-54(67)63-50(51(66)45-43-41-39-37-35-33-31-29-27-22-20-18-16-14-12-10-8-6-4-2)49-73-61-59(72)57(70)60(53(48-65)75-61)76-62-58(71)56(69)55(68)52(47-64)74-62/h21,23,35,37,43,45,50-53,55-62,64-66,68-72H,3-20,22,24-34,36,38-42,44,46-49H2,1-2H3,(H,63,67)/b23-21-,37-35+,45-43+. The van der Waals surface area contributed by atoms with Gasteiger partial charge in [-0.05, 0) is 57.8 Å². The first kappa shape index (κ1) is 70.3. The van der Waals surface area contributed by atoms with E-state index in [0.29, 0.717) is 12.8 Å². The van der Waals surface area contributed by atoms with Crippen LogP contribution in [0, 0.1) is 0 Å². The van der Waals surface area contributed by atoms with E-state index in [1.807, 2.05) is 6.08 Å². The normalized spacial score (nSPS) is 25.1. The van der Waals surface area contributed by atoms with Crippen molar-refractivity contribution in [3.05, 3.63) is 36.5 Å². The van der Waals surface area contributed by atoms with E-state index in [-0.39, 0.29) is 18.9 Å². The summed E-state index contributed by atoms with van der Waals surface area (Å²) in [6.45, 7) is 2.80. The zero-order chi connectivity index (χ0) is 55.3. The van der Waals surface area contributed by atoms with Gasteiger partial charge in [0.25, 0.3) is 0 Å². The second-order valence-electron chi connectivity index (χ2n) is 22.2. The van der Waals surface area contributed by atoms with E-state index in [1.165, 1.54) is 193 Å². The van der Waals surface area contributed by atoms with E-state index >= 15 is 0 Å². The Bertz CT molecular complexity index is 1410. The lowest BCUT2D eigenvalue weighted by Crippen LogP contribution is -2.65. The summed E-state index contributed by atoms with van der Waals surface area (Å²) >= 11 is 0. The first-order chi connectivity index (χ1) is 37.1. The van der Waals surface area contributed by atoms with Gasteiger partial charge in [-0.2, -0.15) is 0 Å². The number of amides is 1. The summed E-state index contributed by atoms with van der Waals surface area (Å²) in [5, 5.41) is 87.1. The Morgan fingerprint density at radius 1 is 0.461 bits per heavy atom. The van der Waals surface area contributed by atoms with Crippen molar-refractivity contribution in [2.45, 2.75) is 331 Å². The summed E-state index contributed by atoms with van der Waals surface area (Å²) in [4.78, 5) is 13.3. The SMILES string of the molecule is CCCCCCCCCC/C=C\CCCCCCCCCCCCCC(=O)NC(COC1OC(CO)C(OC2OC(CO)C(O)C(O)C2O)C(O)C1O)C(O)/C=C/CC/C=C/CCCCCCCCCCCCCCC. The average molecular weight is 1080 g/mol. The highest BCUT2D eigenvalue weighted by Crippen LogP contribution is 2.30. The average Bonchev–Trinajstić information content (AvgIpc) is 3.42. The van der Waals surface area contributed by atoms with Crippen LogP contribution in [0.1, 0.15) is 258 Å². The Kier molecular flexibility index (Phi) is 44.4. The third kappa shape index (κ3) is 33.1. The molecule has 0 saturated carbocycles. The highest BCUT2D eigenvalue weighted by molar-refractivity contribution is 5.76. The maximum Gasteiger partial charge on any atom is 0.220 e. The molecule has 9 N–H and O–H groups in total. The number of aliphatic hydroxyl groups excluding tert-OH is 8. The van der Waals surface area contributed by atoms with Gasteiger partial charge in [0.1, 0.15) is 48.8 Å². The molecule has 2 aliphatic rings. The van der Waals surface area contributed by atoms with Crippen molar-refractivity contribution in [2.24, 2.45) is 0 Å². The van der Waals surface area contributed by atoms with Crippen molar-refractivity contribution in [2.75, 3.05) is 19.8 Å². The number of allylic oxidation sites excluding steroid dienone is 5. The Morgan fingerprint density at radius 2 is 0.842 bits per heavy atom. The summed E-state index contributed by atoms with van der Waals surface area (Å²) in [5.41, 5.74) is 0. The smallest absolute Gasteiger partial charge is 0.220 e. The fourth-order valence-electron chi connectivity index (χ4n) is 10.2. The molecule has 0 bridgehead atoms. The van der Waals surface area contributed by atoms with Crippen molar-refractivity contribution < 1.29 is 64.6 Å². The van der Waals surface area contributed by atoms with Crippen LogP contribution in [0.2, 0.25) is 0 Å². The van der Waals surface area contributed by atoms with E-state index in [0.717, 1.165) is 32.1 Å². The first-order valence-corrected chi connectivity index (χ1v) is 31.2. The summed E-state index contributed by atoms with van der Waals surface area (Å²) in [6, 6.07) is -0.931. The van der Waals surface area contributed by atoms with E-state index in [1.54, 1.807) is 6.08 Å². The van der Waals surface area contributed by atoms with Crippen LogP contribution in [0.25, 0.3) is 0 Å². The van der Waals surface area contributed by atoms with E-state index in [9.17, 15) is 45.6 Å². The van der Waals surface area contributed by atoms with Crippen molar-refractivity contribution in [3.63, 3.8) is 0 Å². The third-order valence-electron chi connectivity index (χ3n) is 15.3. The first-order valence-electron chi connectivity index (χ1n) is 31.2. The number of ether oxygens (including phenoxy) is 4. The Balaban J connectivity index is 1.76. The molecule has 12 atom stereocenters. The molecule has 2 fully saturated rings. The number of carbonyl (C=O) groups excluding carboxylic acids is 1. The molecule has 446 valence electrons. The lowest BCUT2D eigenvalue weighted by Gasteiger charge is -2.46. The quantitative estimate of drug-likeness (QED) is 0.0204. The molecular formula is C62H115NO13. The second-order valence-corrected chi connectivity index (χ2v) is 22.2. The number of hydrogen-bond acceptors (Lipinski definition) is 13. The Labute approximate surface area is 461 Å². The van der Waals surface area contributed by atoms with Gasteiger partial charge in [0.05, 0.1) is 32.0 Å². The number of hydrogen-bond donors (Lipinski definition) is 9. The molecule has 2 aliphatic heterocycles. The fraction of sp³-hybridized carbons (Fsp3) is 0.887. The number of aliphatic hydroxyl groups is 8. The largest absolute Gasteiger partial charge is 0.394 e. The molecule has 2 saturated heterocycles. The topological polar surface area (TPSA) is 228 Å². The van der Waals surface area contributed by atoms with Crippen LogP contribution >= 0.6 is 0 Å². The van der Waals surface area contributed by atoms with E-state index < -0.39 is 86.8 Å². The van der Waals surface area contributed by atoms with E-state index in [2.05, 4.69) is 43.5 Å². The maximum absolute atomic E-state index is 13.3. The van der Waals surface area contributed by atoms with Gasteiger partial charge in [-0.3, -0.25) is 4.79 Å². The molecule has 76 heavy (non-hydrogen) atoms. The van der Waals surface area contributed by atoms with Crippen LogP contribution in [0.3, 0.4) is 0 Å². The van der Waals surface area contributed by atoms with Gasteiger partial charge in [0.2, 0.25) is 5.91 Å². The molecule has 2 heterocycles. The predicted octanol–water partition coefficient (Wildman–Crippen LogP) is 11.0. The number of unbranched alkanes of at least 4 members (excludes halogenated alkanes) is 33. The summed E-state index contributed by atoms with van der Waals surface area (Å²) in [5.74, 6) is -0.248. The summed E-state index contributed by atoms with van der Waals surface area (Å²) in [7, 11) is 0. The molecule has 0 aromatic heterocycles. The lowest BCUT2D eigenvalue weighted by molar-refractivity contribution is -0.359. The van der Waals surface area contributed by atoms with Crippen molar-refractivity contribution >= 4 is 5.91 Å². The zero-order valence-electron chi connectivity index (χ0n) is 48.0. The molecule has 0 radical (unpaired) electrons. The van der Waals surface area contributed by atoms with Crippen LogP contribution in [-0.4, -0.2) is 140 Å². The zero-order valence-corrected chi connectivity index (χ0v) is 48.0. The molecule has 14 nitrogen and oxygen atoms in total. The van der Waals surface area contributed by atoms with Crippen LogP contribution in [-0.2, 0) is 23.7 Å². The minimum absolute atomic E-state index is 0.248. The molecule has 0 aromatic rings. The fourth-order valence-corrected chi connectivity index (χ4v) is 10.2. The highest BCUT2D eigenvalue weighted by Gasteiger charge is 2.51. The molecule has 14 heteroatoms. The number of carbonyl (C=O) groups is 1. The summed E-state index contributed by atoms with van der Waals surface area (Å²) in [6.07, 6.45) is 41.8. The summed E-state index contributed by atoms with van der Waals surface area (Å²) < 4.78 is 22.8. The van der Waals surface area contributed by atoms with Gasteiger partial charge in [0.15, 0.2) is 12.6 Å². The molecule has 1 amide bonds. The van der Waals surface area contributed by atoms with Crippen LogP contribution in [0.4, 0.5) is 0 Å². The molecule has 2 rings (SSSR count). The monoisotopic (exact) mass is 1080 g/mol. The predicted molar refractivity (Wildman–Crippen MR) is 305 cm³/mol. The van der Waals surface area contributed by atoms with Gasteiger partial charge in [-0.25, -0.2) is 0 Å². The van der Waals surface area contributed by atoms with Crippen LogP contribution in [0.5, 0.6) is 0 Å². The minimum Gasteiger partial charge on any atom is -0.394 e. The minimum atomic E-state index is -1.79. The highest BCUT2D eigenvalue weighted by atomic mass is 16.7. The van der Waals surface area contributed by atoms with Crippen LogP contribution in [0.15, 0.2) is 36.5 Å². The Morgan fingerprint density at radius 3 is 1.29 bits per heavy atom. The molecule has 0 aliphatic carbocycles. The van der Waals surface area contributed by atoms with Crippen LogP contribution < -0.4 is 5.32 Å². The van der Waals surface area contributed by atoms with Gasteiger partial charge in [-0.15, -0.1) is 0 Å². The molecular weight excluding hydrogens is 967 g/mol. The van der Waals surface area contributed by atoms with Gasteiger partial charge < -0.3 is 65.1 Å². The van der Waals surface area contributed by atoms with E-state index in [4.69, 9.17) is 18.9 Å². The molecule has 0 spiro atoms. The van der Waals surface area contributed by atoms with Gasteiger partial charge in [-0.1, -0.05) is 230 Å². The molecule has 0 aromatic carbocycles. The Hall–Kier alpha value is -1.79. The lowest BCUT2D eigenvalue weighted by atomic mass is 9.97. The third-order valence-corrected chi connectivity index (χ3v) is 15.3. The van der Waals surface area contributed by atoms with Crippen molar-refractivity contribution in [1.82, 2.24) is 5.32 Å². The van der Waals surface area contributed by atoms with Gasteiger partial charge >= 0.3 is 0 Å². The second kappa shape index (κ2) is 48.0. The maximum atomic E-state index is 13.3. The molecule has 12 unspecified atom stereocenters. The van der Waals surface area contributed by atoms with Crippen molar-refractivity contribution in [1.29, 1.82) is 0 Å². The number of rotatable bonds is 50. The number of nitrogens with one attached hydrogen (secondary N) is 1. The van der Waals surface area contributed by atoms with Gasteiger partial charge in [0, 0.05) is 6.42 Å². The van der Waals surface area contributed by atoms with Crippen molar-refractivity contribution in [3.8, 4) is 0 Å².